The van der Waals surface area contributed by atoms with Crippen LogP contribution in [0.2, 0.25) is 0 Å². The number of benzene rings is 2. The van der Waals surface area contributed by atoms with Crippen molar-refractivity contribution < 1.29 is 0 Å². The van der Waals surface area contributed by atoms with E-state index in [2.05, 4.69) is 63.2 Å². The monoisotopic (exact) mass is 212 g/mol. The highest BCUT2D eigenvalue weighted by molar-refractivity contribution is 5.67. The van der Waals surface area contributed by atoms with Crippen LogP contribution in [0.4, 0.5) is 0 Å². The summed E-state index contributed by atoms with van der Waals surface area (Å²) in [5, 5.41) is 0. The third-order valence-electron chi connectivity index (χ3n) is 2.74. The zero-order valence-electron chi connectivity index (χ0n) is 9.54. The molecule has 0 saturated carbocycles. The fraction of sp³-hybridized carbons (Fsp3) is 0.250. The second kappa shape index (κ2) is 4.98. The van der Waals surface area contributed by atoms with E-state index >= 15 is 0 Å². The van der Waals surface area contributed by atoms with Gasteiger partial charge in [-0.25, -0.2) is 0 Å². The van der Waals surface area contributed by atoms with Crippen LogP contribution in [0, 0.1) is 20.8 Å². The van der Waals surface area contributed by atoms with Gasteiger partial charge in [0.05, 0.1) is 0 Å². The molecule has 84 valence electrons. The molecular formula is C16H20. The van der Waals surface area contributed by atoms with E-state index in [0.29, 0.717) is 0 Å². The van der Waals surface area contributed by atoms with Crippen molar-refractivity contribution in [2.45, 2.75) is 28.2 Å². The summed E-state index contributed by atoms with van der Waals surface area (Å²) in [6.07, 6.45) is 0. The molecule has 0 amide bonds. The van der Waals surface area contributed by atoms with Gasteiger partial charge in [0.1, 0.15) is 0 Å². The van der Waals surface area contributed by atoms with Crippen LogP contribution in [0.1, 0.15) is 24.1 Å². The molecule has 0 atom stereocenters. The van der Waals surface area contributed by atoms with Crippen LogP contribution in [-0.4, -0.2) is 0 Å². The van der Waals surface area contributed by atoms with E-state index < -0.39 is 0 Å². The Bertz CT molecular complexity index is 464. The van der Waals surface area contributed by atoms with Gasteiger partial charge in [-0.05, 0) is 37.5 Å². The van der Waals surface area contributed by atoms with Crippen LogP contribution in [0.3, 0.4) is 0 Å². The normalized spacial score (nSPS) is 9.69. The zero-order valence-corrected chi connectivity index (χ0v) is 9.54. The minimum atomic E-state index is 0. The Morgan fingerprint density at radius 2 is 1.25 bits per heavy atom. The van der Waals surface area contributed by atoms with Gasteiger partial charge in [-0.3, -0.25) is 0 Å². The summed E-state index contributed by atoms with van der Waals surface area (Å²) in [6.45, 7) is 6.42. The Hall–Kier alpha value is -1.56. The van der Waals surface area contributed by atoms with Crippen LogP contribution >= 0.6 is 0 Å². The van der Waals surface area contributed by atoms with Crippen molar-refractivity contribution in [3.05, 3.63) is 59.2 Å². The minimum Gasteiger partial charge on any atom is -0.0776 e. The van der Waals surface area contributed by atoms with Crippen molar-refractivity contribution in [2.24, 2.45) is 0 Å². The zero-order chi connectivity index (χ0) is 10.8. The van der Waals surface area contributed by atoms with Gasteiger partial charge in [-0.1, -0.05) is 61.0 Å². The summed E-state index contributed by atoms with van der Waals surface area (Å²) in [5.74, 6) is 0. The number of hydrogen-bond donors (Lipinski definition) is 0. The van der Waals surface area contributed by atoms with Crippen molar-refractivity contribution in [3.63, 3.8) is 0 Å². The molecule has 2 aromatic rings. The largest absolute Gasteiger partial charge is 0.0776 e. The fourth-order valence-corrected chi connectivity index (χ4v) is 1.87. The summed E-state index contributed by atoms with van der Waals surface area (Å²) in [5.41, 5.74) is 6.62. The lowest BCUT2D eigenvalue weighted by Crippen LogP contribution is -1.84. The quantitative estimate of drug-likeness (QED) is 0.629. The predicted molar refractivity (Wildman–Crippen MR) is 72.8 cm³/mol. The van der Waals surface area contributed by atoms with Crippen LogP contribution in [0.5, 0.6) is 0 Å². The summed E-state index contributed by atoms with van der Waals surface area (Å²) in [6, 6.07) is 15.3. The first-order chi connectivity index (χ1) is 7.16. The van der Waals surface area contributed by atoms with Crippen LogP contribution in [0.25, 0.3) is 11.1 Å². The first-order valence-electron chi connectivity index (χ1n) is 5.31. The van der Waals surface area contributed by atoms with Gasteiger partial charge in [0, 0.05) is 0 Å². The standard InChI is InChI=1S/C15H16.CH4/c1-11-4-7-14(8-5-11)15-9-6-12(2)10-13(15)3;/h4-10H,1-3H3;1H4. The second-order valence-corrected chi connectivity index (χ2v) is 4.18. The van der Waals surface area contributed by atoms with E-state index in [1.54, 1.807) is 0 Å². The highest BCUT2D eigenvalue weighted by Crippen LogP contribution is 2.24. The molecule has 0 aliphatic rings. The summed E-state index contributed by atoms with van der Waals surface area (Å²) in [4.78, 5) is 0. The lowest BCUT2D eigenvalue weighted by molar-refractivity contribution is 1.38. The lowest BCUT2D eigenvalue weighted by Gasteiger charge is -2.07. The first-order valence-corrected chi connectivity index (χ1v) is 5.31. The van der Waals surface area contributed by atoms with Crippen LogP contribution < -0.4 is 0 Å². The molecule has 0 heterocycles. The third kappa shape index (κ3) is 2.52. The molecule has 0 aliphatic carbocycles. The van der Waals surface area contributed by atoms with Crippen molar-refractivity contribution >= 4 is 0 Å². The van der Waals surface area contributed by atoms with Crippen molar-refractivity contribution in [1.82, 2.24) is 0 Å². The van der Waals surface area contributed by atoms with E-state index in [1.807, 2.05) is 0 Å². The molecule has 0 radical (unpaired) electrons. The molecule has 0 aliphatic heterocycles. The maximum absolute atomic E-state index is 2.23. The first kappa shape index (κ1) is 12.5. The molecule has 0 spiro atoms. The van der Waals surface area contributed by atoms with Crippen LogP contribution in [0.15, 0.2) is 42.5 Å². The molecule has 2 aromatic carbocycles. The van der Waals surface area contributed by atoms with Crippen molar-refractivity contribution in [2.75, 3.05) is 0 Å². The Labute approximate surface area is 99.0 Å². The SMILES string of the molecule is C.Cc1ccc(-c2ccc(C)cc2C)cc1. The fourth-order valence-electron chi connectivity index (χ4n) is 1.87. The molecule has 16 heavy (non-hydrogen) atoms. The number of hydrogen-bond acceptors (Lipinski definition) is 0. The Kier molecular flexibility index (Phi) is 3.89. The molecule has 0 heteroatoms. The van der Waals surface area contributed by atoms with Gasteiger partial charge in [0.2, 0.25) is 0 Å². The van der Waals surface area contributed by atoms with Gasteiger partial charge >= 0.3 is 0 Å². The average Bonchev–Trinajstić information content (AvgIpc) is 2.20. The van der Waals surface area contributed by atoms with Gasteiger partial charge < -0.3 is 0 Å². The molecule has 0 fully saturated rings. The molecule has 2 rings (SSSR count). The maximum atomic E-state index is 2.23. The highest BCUT2D eigenvalue weighted by atomic mass is 14.1. The van der Waals surface area contributed by atoms with Gasteiger partial charge in [-0.15, -0.1) is 0 Å². The van der Waals surface area contributed by atoms with Crippen molar-refractivity contribution in [3.8, 4) is 11.1 Å². The van der Waals surface area contributed by atoms with Gasteiger partial charge in [0.15, 0.2) is 0 Å². The maximum Gasteiger partial charge on any atom is -0.0155 e. The summed E-state index contributed by atoms with van der Waals surface area (Å²) in [7, 11) is 0. The summed E-state index contributed by atoms with van der Waals surface area (Å²) < 4.78 is 0. The molecule has 0 nitrogen and oxygen atoms in total. The topological polar surface area (TPSA) is 0 Å². The van der Waals surface area contributed by atoms with E-state index in [0.717, 1.165) is 0 Å². The van der Waals surface area contributed by atoms with Gasteiger partial charge in [-0.2, -0.15) is 0 Å². The lowest BCUT2D eigenvalue weighted by atomic mass is 9.98. The van der Waals surface area contributed by atoms with E-state index in [9.17, 15) is 0 Å². The minimum absolute atomic E-state index is 0. The number of rotatable bonds is 1. The number of aryl methyl sites for hydroxylation is 3. The van der Waals surface area contributed by atoms with Crippen LogP contribution in [-0.2, 0) is 0 Å². The second-order valence-electron chi connectivity index (χ2n) is 4.18. The molecule has 0 saturated heterocycles. The molecule has 0 N–H and O–H groups in total. The molecular weight excluding hydrogens is 192 g/mol. The molecule has 0 aromatic heterocycles. The smallest absolute Gasteiger partial charge is 0.0155 e. The average molecular weight is 212 g/mol. The van der Waals surface area contributed by atoms with E-state index in [1.165, 1.54) is 27.8 Å². The Morgan fingerprint density at radius 3 is 1.81 bits per heavy atom. The summed E-state index contributed by atoms with van der Waals surface area (Å²) >= 11 is 0. The Morgan fingerprint density at radius 1 is 0.688 bits per heavy atom. The predicted octanol–water partition coefficient (Wildman–Crippen LogP) is 4.91. The Balaban J connectivity index is 0.00000128. The third-order valence-corrected chi connectivity index (χ3v) is 2.74. The molecule has 0 unspecified atom stereocenters. The molecule has 0 bridgehead atoms. The van der Waals surface area contributed by atoms with E-state index in [-0.39, 0.29) is 7.43 Å². The van der Waals surface area contributed by atoms with Gasteiger partial charge in [0.25, 0.3) is 0 Å². The van der Waals surface area contributed by atoms with Crippen molar-refractivity contribution in [1.29, 1.82) is 0 Å². The van der Waals surface area contributed by atoms with E-state index in [4.69, 9.17) is 0 Å². The highest BCUT2D eigenvalue weighted by Gasteiger charge is 2.00.